The van der Waals surface area contributed by atoms with E-state index < -0.39 is 9.84 Å². The quantitative estimate of drug-likeness (QED) is 0.226. The first-order chi connectivity index (χ1) is 11.3. The summed E-state index contributed by atoms with van der Waals surface area (Å²) in [6, 6.07) is 0.782. The molecule has 8 heteroatoms. The van der Waals surface area contributed by atoms with Crippen molar-refractivity contribution in [2.24, 2.45) is 4.99 Å². The molecule has 150 valence electrons. The fourth-order valence-corrected chi connectivity index (χ4v) is 3.75. The van der Waals surface area contributed by atoms with Crippen molar-refractivity contribution in [2.75, 3.05) is 38.2 Å². The summed E-state index contributed by atoms with van der Waals surface area (Å²) in [5, 5.41) is 6.53. The zero-order valence-corrected chi connectivity index (χ0v) is 19.4. The minimum Gasteiger partial charge on any atom is -0.357 e. The summed E-state index contributed by atoms with van der Waals surface area (Å²) in [6.45, 7) is 10.3. The van der Waals surface area contributed by atoms with Gasteiger partial charge in [0.1, 0.15) is 9.84 Å². The monoisotopic (exact) mass is 488 g/mol. The molecule has 0 amide bonds. The van der Waals surface area contributed by atoms with Crippen LogP contribution in [0.4, 0.5) is 0 Å². The molecule has 1 saturated heterocycles. The average Bonchev–Trinajstić information content (AvgIpc) is 2.50. The fourth-order valence-electron chi connectivity index (χ4n) is 2.97. The molecule has 2 atom stereocenters. The zero-order valence-electron chi connectivity index (χ0n) is 16.3. The molecule has 25 heavy (non-hydrogen) atoms. The highest BCUT2D eigenvalue weighted by Gasteiger charge is 2.17. The van der Waals surface area contributed by atoms with Crippen LogP contribution in [0.3, 0.4) is 0 Å². The summed E-state index contributed by atoms with van der Waals surface area (Å²) in [7, 11) is -2.91. The van der Waals surface area contributed by atoms with Crippen molar-refractivity contribution in [3.8, 4) is 0 Å². The van der Waals surface area contributed by atoms with E-state index in [1.165, 1.54) is 32.1 Å². The molecule has 0 aliphatic carbocycles. The van der Waals surface area contributed by atoms with E-state index in [-0.39, 0.29) is 35.8 Å². The molecule has 0 saturated carbocycles. The van der Waals surface area contributed by atoms with E-state index in [0.717, 1.165) is 32.0 Å². The van der Waals surface area contributed by atoms with E-state index >= 15 is 0 Å². The van der Waals surface area contributed by atoms with Crippen LogP contribution in [0.15, 0.2) is 4.99 Å². The molecule has 0 aromatic carbocycles. The van der Waals surface area contributed by atoms with E-state index in [9.17, 15) is 8.42 Å². The second-order valence-electron chi connectivity index (χ2n) is 6.96. The summed E-state index contributed by atoms with van der Waals surface area (Å²) in [5.74, 6) is 0.984. The zero-order chi connectivity index (χ0) is 18.0. The number of hydrogen-bond donors (Lipinski definition) is 2. The van der Waals surface area contributed by atoms with Crippen LogP contribution in [0.2, 0.25) is 0 Å². The minimum atomic E-state index is -2.91. The van der Waals surface area contributed by atoms with Gasteiger partial charge >= 0.3 is 0 Å². The number of hydrogen-bond acceptors (Lipinski definition) is 4. The van der Waals surface area contributed by atoms with Crippen molar-refractivity contribution < 1.29 is 8.42 Å². The highest BCUT2D eigenvalue weighted by molar-refractivity contribution is 14.0. The number of nitrogens with zero attached hydrogens (tertiary/aromatic N) is 2. The van der Waals surface area contributed by atoms with Crippen molar-refractivity contribution in [3.63, 3.8) is 0 Å². The summed E-state index contributed by atoms with van der Waals surface area (Å²) >= 11 is 0. The third-order valence-electron chi connectivity index (χ3n) is 4.46. The maximum Gasteiger partial charge on any atom is 0.191 e. The van der Waals surface area contributed by atoms with Gasteiger partial charge in [-0.2, -0.15) is 0 Å². The van der Waals surface area contributed by atoms with Gasteiger partial charge in [-0.1, -0.05) is 6.42 Å². The van der Waals surface area contributed by atoms with Crippen LogP contribution < -0.4 is 10.6 Å². The number of halogens is 1. The molecule has 0 aromatic heterocycles. The van der Waals surface area contributed by atoms with Crippen LogP contribution in [0.5, 0.6) is 0 Å². The topological polar surface area (TPSA) is 73.8 Å². The molecule has 0 spiro atoms. The van der Waals surface area contributed by atoms with Crippen molar-refractivity contribution >= 4 is 39.8 Å². The van der Waals surface area contributed by atoms with Crippen molar-refractivity contribution in [1.82, 2.24) is 15.5 Å². The Morgan fingerprint density at radius 1 is 1.36 bits per heavy atom. The van der Waals surface area contributed by atoms with Gasteiger partial charge in [-0.25, -0.2) is 8.42 Å². The lowest BCUT2D eigenvalue weighted by molar-refractivity contribution is 0.160. The summed E-state index contributed by atoms with van der Waals surface area (Å²) in [5.41, 5.74) is 0. The fraction of sp³-hybridized carbons (Fsp3) is 0.941. The van der Waals surface area contributed by atoms with E-state index in [2.05, 4.69) is 27.4 Å². The molecular formula is C17H37IN4O2S. The highest BCUT2D eigenvalue weighted by atomic mass is 127. The Kier molecular flexibility index (Phi) is 13.1. The molecule has 0 bridgehead atoms. The maximum absolute atomic E-state index is 11.3. The molecule has 6 nitrogen and oxygen atoms in total. The molecule has 0 aromatic rings. The lowest BCUT2D eigenvalue weighted by Gasteiger charge is -2.33. The maximum atomic E-state index is 11.3. The lowest BCUT2D eigenvalue weighted by atomic mass is 10.0. The summed E-state index contributed by atoms with van der Waals surface area (Å²) in [6.07, 6.45) is 6.91. The number of sulfone groups is 1. The van der Waals surface area contributed by atoms with Gasteiger partial charge in [0.15, 0.2) is 5.96 Å². The first kappa shape index (κ1) is 24.9. The number of nitrogens with one attached hydrogen (secondary N) is 2. The number of likely N-dealkylation sites (tertiary alicyclic amines) is 1. The highest BCUT2D eigenvalue weighted by Crippen LogP contribution is 2.16. The van der Waals surface area contributed by atoms with Crippen molar-refractivity contribution in [3.05, 3.63) is 0 Å². The van der Waals surface area contributed by atoms with Gasteiger partial charge in [-0.3, -0.25) is 4.99 Å². The van der Waals surface area contributed by atoms with E-state index in [1.807, 2.05) is 13.8 Å². The van der Waals surface area contributed by atoms with Crippen LogP contribution in [0, 0.1) is 0 Å². The van der Waals surface area contributed by atoms with E-state index in [1.54, 1.807) is 0 Å². The Morgan fingerprint density at radius 3 is 2.68 bits per heavy atom. The molecular weight excluding hydrogens is 451 g/mol. The van der Waals surface area contributed by atoms with Crippen molar-refractivity contribution in [2.45, 2.75) is 65.0 Å². The number of aliphatic imine (C=N–C) groups is 1. The predicted octanol–water partition coefficient (Wildman–Crippen LogP) is 2.25. The second kappa shape index (κ2) is 13.1. The van der Waals surface area contributed by atoms with Crippen LogP contribution in [-0.4, -0.2) is 69.5 Å². The Labute approximate surface area is 171 Å². The van der Waals surface area contributed by atoms with Crippen molar-refractivity contribution in [1.29, 1.82) is 0 Å². The number of rotatable bonds is 9. The molecule has 2 N–H and O–H groups in total. The summed E-state index contributed by atoms with van der Waals surface area (Å²) < 4.78 is 22.5. The molecule has 1 fully saturated rings. The molecule has 1 rings (SSSR count). The van der Waals surface area contributed by atoms with Gasteiger partial charge in [0, 0.05) is 38.0 Å². The molecule has 1 heterocycles. The Balaban J connectivity index is 0.00000576. The van der Waals surface area contributed by atoms with E-state index in [0.29, 0.717) is 12.5 Å². The lowest BCUT2D eigenvalue weighted by Crippen LogP contribution is -2.43. The molecule has 1 aliphatic rings. The third kappa shape index (κ3) is 12.0. The standard InChI is InChI=1S/C17H36N4O2S.HI/c1-5-18-17(20-15(2)10-14-24(4,22)23)19-11-8-13-21-12-7-6-9-16(21)3;/h15-16H,5-14H2,1-4H3,(H2,18,19,20);1H. The Morgan fingerprint density at radius 2 is 2.08 bits per heavy atom. The first-order valence-electron chi connectivity index (χ1n) is 9.28. The van der Waals surface area contributed by atoms with Crippen LogP contribution in [0.1, 0.15) is 52.9 Å². The first-order valence-corrected chi connectivity index (χ1v) is 11.3. The van der Waals surface area contributed by atoms with Gasteiger partial charge in [-0.05, 0) is 53.0 Å². The summed E-state index contributed by atoms with van der Waals surface area (Å²) in [4.78, 5) is 7.19. The normalized spacial score (nSPS) is 20.6. The van der Waals surface area contributed by atoms with Crippen LogP contribution in [-0.2, 0) is 9.84 Å². The molecule has 2 unspecified atom stereocenters. The Hall–Kier alpha value is -0.0900. The van der Waals surface area contributed by atoms with Gasteiger partial charge < -0.3 is 15.5 Å². The number of guanidine groups is 1. The van der Waals surface area contributed by atoms with Gasteiger partial charge in [0.2, 0.25) is 0 Å². The van der Waals surface area contributed by atoms with Crippen LogP contribution >= 0.6 is 24.0 Å². The number of piperidine rings is 1. The smallest absolute Gasteiger partial charge is 0.191 e. The predicted molar refractivity (Wildman–Crippen MR) is 118 cm³/mol. The molecule has 0 radical (unpaired) electrons. The van der Waals surface area contributed by atoms with Gasteiger partial charge in [-0.15, -0.1) is 24.0 Å². The minimum absolute atomic E-state index is 0. The Bertz CT molecular complexity index is 485. The SMILES string of the molecule is CCNC(=NCCCN1CCCCC1C)NC(C)CCS(C)(=O)=O.I. The van der Waals surface area contributed by atoms with Crippen LogP contribution in [0.25, 0.3) is 0 Å². The average molecular weight is 488 g/mol. The second-order valence-corrected chi connectivity index (χ2v) is 9.22. The largest absolute Gasteiger partial charge is 0.357 e. The van der Waals surface area contributed by atoms with Gasteiger partial charge in [0.25, 0.3) is 0 Å². The van der Waals surface area contributed by atoms with Gasteiger partial charge in [0.05, 0.1) is 5.75 Å². The third-order valence-corrected chi connectivity index (χ3v) is 5.44. The van der Waals surface area contributed by atoms with E-state index in [4.69, 9.17) is 0 Å². The molecule has 1 aliphatic heterocycles.